The predicted molar refractivity (Wildman–Crippen MR) is 136 cm³/mol. The number of nitrogens with zero attached hydrogens (tertiary/aromatic N) is 2. The van der Waals surface area contributed by atoms with Crippen molar-refractivity contribution in [2.24, 2.45) is 5.10 Å². The summed E-state index contributed by atoms with van der Waals surface area (Å²) in [5.74, 6) is 0.392. The Morgan fingerprint density at radius 1 is 0.912 bits per heavy atom. The molecule has 0 spiro atoms. The topological polar surface area (TPSA) is 63.6 Å². The first kappa shape index (κ1) is 21.3. The van der Waals surface area contributed by atoms with Crippen LogP contribution in [0.3, 0.4) is 0 Å². The van der Waals surface area contributed by atoms with Gasteiger partial charge in [-0.25, -0.2) is 5.43 Å². The number of carbonyl (C=O) groups is 1. The molecule has 0 radical (unpaired) electrons. The minimum absolute atomic E-state index is 0.306. The quantitative estimate of drug-likeness (QED) is 0.256. The van der Waals surface area contributed by atoms with Gasteiger partial charge in [-0.15, -0.1) is 0 Å². The molecule has 1 N–H and O–H groups in total. The highest BCUT2D eigenvalue weighted by atomic mass is 16.5. The summed E-state index contributed by atoms with van der Waals surface area (Å²) in [7, 11) is 0. The van der Waals surface area contributed by atoms with Crippen molar-refractivity contribution >= 4 is 33.8 Å². The van der Waals surface area contributed by atoms with Gasteiger partial charge >= 0.3 is 0 Å². The maximum absolute atomic E-state index is 12.9. The van der Waals surface area contributed by atoms with E-state index in [0.717, 1.165) is 32.8 Å². The van der Waals surface area contributed by atoms with E-state index in [2.05, 4.69) is 15.5 Å². The number of ether oxygens (including phenoxy) is 1. The van der Waals surface area contributed by atoms with E-state index in [-0.39, 0.29) is 5.91 Å². The highest BCUT2D eigenvalue weighted by Gasteiger charge is 2.12. The minimum Gasteiger partial charge on any atom is -0.488 e. The molecule has 0 aliphatic carbocycles. The third kappa shape index (κ3) is 4.50. The predicted octanol–water partition coefficient (Wildman–Crippen LogP) is 6.04. The van der Waals surface area contributed by atoms with Gasteiger partial charge in [0.2, 0.25) is 0 Å². The number of rotatable bonds is 6. The lowest BCUT2D eigenvalue weighted by Crippen LogP contribution is -2.19. The van der Waals surface area contributed by atoms with Gasteiger partial charge in [0.15, 0.2) is 0 Å². The average Bonchev–Trinajstić information content (AvgIpc) is 2.88. The summed E-state index contributed by atoms with van der Waals surface area (Å²) in [6.07, 6.45) is 1.64. The molecule has 4 aromatic carbocycles. The first-order valence-electron chi connectivity index (χ1n) is 11.1. The van der Waals surface area contributed by atoms with Gasteiger partial charge in [0, 0.05) is 10.9 Å². The molecule has 1 aromatic heterocycles. The molecule has 5 rings (SSSR count). The number of aryl methyl sites for hydroxylation is 1. The van der Waals surface area contributed by atoms with Gasteiger partial charge in [0.1, 0.15) is 12.4 Å². The fourth-order valence-corrected chi connectivity index (χ4v) is 3.93. The van der Waals surface area contributed by atoms with Crippen molar-refractivity contribution in [1.82, 2.24) is 10.4 Å². The standard InChI is InChI=1S/C29H23N3O2/c1-20-25(17-23-12-6-8-14-27(23)31-20)29(33)32-30-18-26-24-13-7-5-11-22(24)15-16-28(26)34-19-21-9-3-2-4-10-21/h2-18H,19H2,1H3,(H,32,33)/b30-18-. The molecular weight excluding hydrogens is 422 g/mol. The summed E-state index contributed by atoms with van der Waals surface area (Å²) in [5.41, 5.74) is 6.54. The fraction of sp³-hybridized carbons (Fsp3) is 0.0690. The summed E-state index contributed by atoms with van der Waals surface area (Å²) in [6, 6.07) is 31.6. The fourth-order valence-electron chi connectivity index (χ4n) is 3.93. The van der Waals surface area contributed by atoms with E-state index in [0.29, 0.717) is 23.6 Å². The van der Waals surface area contributed by atoms with E-state index in [1.807, 2.05) is 104 Å². The molecular formula is C29H23N3O2. The Hall–Kier alpha value is -4.51. The van der Waals surface area contributed by atoms with Crippen molar-refractivity contribution in [3.8, 4) is 5.75 Å². The number of aromatic nitrogens is 1. The van der Waals surface area contributed by atoms with Crippen molar-refractivity contribution in [1.29, 1.82) is 0 Å². The Morgan fingerprint density at radius 2 is 1.65 bits per heavy atom. The lowest BCUT2D eigenvalue weighted by atomic mass is 10.0. The zero-order valence-electron chi connectivity index (χ0n) is 18.7. The van der Waals surface area contributed by atoms with Crippen LogP contribution in [-0.2, 0) is 6.61 Å². The molecule has 34 heavy (non-hydrogen) atoms. The third-order valence-corrected chi connectivity index (χ3v) is 5.69. The zero-order chi connectivity index (χ0) is 23.3. The molecule has 0 bridgehead atoms. The third-order valence-electron chi connectivity index (χ3n) is 5.69. The van der Waals surface area contributed by atoms with Crippen LogP contribution >= 0.6 is 0 Å². The van der Waals surface area contributed by atoms with E-state index in [1.165, 1.54) is 0 Å². The molecule has 0 fully saturated rings. The van der Waals surface area contributed by atoms with E-state index >= 15 is 0 Å². The van der Waals surface area contributed by atoms with Crippen molar-refractivity contribution in [2.45, 2.75) is 13.5 Å². The van der Waals surface area contributed by atoms with Crippen molar-refractivity contribution in [3.05, 3.63) is 119 Å². The van der Waals surface area contributed by atoms with Crippen LogP contribution in [0.1, 0.15) is 27.2 Å². The van der Waals surface area contributed by atoms with Crippen LogP contribution in [0, 0.1) is 6.92 Å². The minimum atomic E-state index is -0.306. The number of hydrogen-bond donors (Lipinski definition) is 1. The molecule has 0 unspecified atom stereocenters. The molecule has 0 saturated carbocycles. The largest absolute Gasteiger partial charge is 0.488 e. The van der Waals surface area contributed by atoms with E-state index in [1.54, 1.807) is 6.21 Å². The molecule has 0 atom stereocenters. The number of hydrazone groups is 1. The van der Waals surface area contributed by atoms with Gasteiger partial charge in [0.05, 0.1) is 23.0 Å². The Morgan fingerprint density at radius 3 is 2.50 bits per heavy atom. The van der Waals surface area contributed by atoms with Crippen molar-refractivity contribution in [2.75, 3.05) is 0 Å². The van der Waals surface area contributed by atoms with Crippen LogP contribution in [0.15, 0.2) is 102 Å². The summed E-state index contributed by atoms with van der Waals surface area (Å²) in [5, 5.41) is 7.24. The summed E-state index contributed by atoms with van der Waals surface area (Å²) >= 11 is 0. The SMILES string of the molecule is Cc1nc2ccccc2cc1C(=O)N/N=C\c1c(OCc2ccccc2)ccc2ccccc12. The molecule has 5 aromatic rings. The van der Waals surface area contributed by atoms with E-state index in [4.69, 9.17) is 4.74 Å². The summed E-state index contributed by atoms with van der Waals surface area (Å²) in [6.45, 7) is 2.26. The van der Waals surface area contributed by atoms with Crippen LogP contribution in [0.2, 0.25) is 0 Å². The van der Waals surface area contributed by atoms with Gasteiger partial charge in [-0.05, 0) is 41.5 Å². The van der Waals surface area contributed by atoms with Crippen LogP contribution in [0.4, 0.5) is 0 Å². The average molecular weight is 446 g/mol. The number of benzene rings is 4. The lowest BCUT2D eigenvalue weighted by molar-refractivity contribution is 0.0954. The normalized spacial score (nSPS) is 11.2. The highest BCUT2D eigenvalue weighted by Crippen LogP contribution is 2.27. The number of hydrogen-bond acceptors (Lipinski definition) is 4. The molecule has 0 aliphatic heterocycles. The first-order chi connectivity index (χ1) is 16.7. The van der Waals surface area contributed by atoms with E-state index in [9.17, 15) is 4.79 Å². The first-order valence-corrected chi connectivity index (χ1v) is 11.1. The molecule has 5 nitrogen and oxygen atoms in total. The molecule has 0 saturated heterocycles. The van der Waals surface area contributed by atoms with Crippen LogP contribution < -0.4 is 10.2 Å². The van der Waals surface area contributed by atoms with Gasteiger partial charge < -0.3 is 4.74 Å². The monoisotopic (exact) mass is 445 g/mol. The second-order valence-corrected chi connectivity index (χ2v) is 7.99. The van der Waals surface area contributed by atoms with Gasteiger partial charge in [-0.3, -0.25) is 9.78 Å². The Balaban J connectivity index is 1.41. The molecule has 5 heteroatoms. The molecule has 1 heterocycles. The van der Waals surface area contributed by atoms with Gasteiger partial charge in [-0.1, -0.05) is 78.9 Å². The smallest absolute Gasteiger partial charge is 0.273 e. The number of carbonyl (C=O) groups excluding carboxylic acids is 1. The maximum atomic E-state index is 12.9. The van der Waals surface area contributed by atoms with Crippen LogP contribution in [0.5, 0.6) is 5.75 Å². The second-order valence-electron chi connectivity index (χ2n) is 7.99. The zero-order valence-corrected chi connectivity index (χ0v) is 18.7. The van der Waals surface area contributed by atoms with E-state index < -0.39 is 0 Å². The number of para-hydroxylation sites is 1. The van der Waals surface area contributed by atoms with Crippen molar-refractivity contribution in [3.63, 3.8) is 0 Å². The Labute approximate surface area is 197 Å². The molecule has 166 valence electrons. The van der Waals surface area contributed by atoms with Crippen LogP contribution in [-0.4, -0.2) is 17.1 Å². The van der Waals surface area contributed by atoms with Crippen molar-refractivity contribution < 1.29 is 9.53 Å². The number of fused-ring (bicyclic) bond motifs is 2. The second kappa shape index (κ2) is 9.55. The molecule has 1 amide bonds. The van der Waals surface area contributed by atoms with Crippen LogP contribution in [0.25, 0.3) is 21.7 Å². The number of nitrogens with one attached hydrogen (secondary N) is 1. The summed E-state index contributed by atoms with van der Waals surface area (Å²) < 4.78 is 6.13. The Kier molecular flexibility index (Phi) is 5.99. The number of amides is 1. The highest BCUT2D eigenvalue weighted by molar-refractivity contribution is 6.03. The number of pyridine rings is 1. The lowest BCUT2D eigenvalue weighted by Gasteiger charge is -2.12. The summed E-state index contributed by atoms with van der Waals surface area (Å²) in [4.78, 5) is 17.4. The maximum Gasteiger partial charge on any atom is 0.273 e. The van der Waals surface area contributed by atoms with Gasteiger partial charge in [0.25, 0.3) is 5.91 Å². The molecule has 0 aliphatic rings. The Bertz CT molecular complexity index is 1510. The van der Waals surface area contributed by atoms with Gasteiger partial charge in [-0.2, -0.15) is 5.10 Å².